The summed E-state index contributed by atoms with van der Waals surface area (Å²) in [5.41, 5.74) is 3.78. The molecule has 1 N–H and O–H groups in total. The van der Waals surface area contributed by atoms with Crippen molar-refractivity contribution < 1.29 is 9.63 Å². The summed E-state index contributed by atoms with van der Waals surface area (Å²) in [7, 11) is 0. The van der Waals surface area contributed by atoms with E-state index in [1.165, 1.54) is 0 Å². The SMILES string of the molecule is C/C=C(\C)CONC(=O)c1cc2ccccc2cn1. The molecule has 1 aromatic heterocycles. The lowest BCUT2D eigenvalue weighted by Crippen LogP contribution is -2.25. The van der Waals surface area contributed by atoms with Crippen LogP contribution >= 0.6 is 0 Å². The van der Waals surface area contributed by atoms with Gasteiger partial charge in [0, 0.05) is 11.6 Å². The van der Waals surface area contributed by atoms with E-state index in [1.54, 1.807) is 12.3 Å². The second-order valence-electron chi connectivity index (χ2n) is 4.27. The van der Waals surface area contributed by atoms with Gasteiger partial charge in [0.1, 0.15) is 5.69 Å². The van der Waals surface area contributed by atoms with Crippen molar-refractivity contribution in [2.45, 2.75) is 13.8 Å². The van der Waals surface area contributed by atoms with Crippen molar-refractivity contribution in [3.8, 4) is 0 Å². The zero-order chi connectivity index (χ0) is 13.7. The van der Waals surface area contributed by atoms with Crippen LogP contribution in [0.25, 0.3) is 10.8 Å². The maximum absolute atomic E-state index is 11.8. The molecule has 1 amide bonds. The lowest BCUT2D eigenvalue weighted by atomic mass is 10.1. The molecule has 1 aromatic carbocycles. The van der Waals surface area contributed by atoms with Crippen molar-refractivity contribution in [2.75, 3.05) is 6.61 Å². The summed E-state index contributed by atoms with van der Waals surface area (Å²) < 4.78 is 0. The number of amides is 1. The van der Waals surface area contributed by atoms with Crippen molar-refractivity contribution in [3.63, 3.8) is 0 Å². The van der Waals surface area contributed by atoms with Gasteiger partial charge in [0.15, 0.2) is 0 Å². The molecule has 2 aromatic rings. The smallest absolute Gasteiger partial charge is 0.269 e. The largest absolute Gasteiger partial charge is 0.293 e. The van der Waals surface area contributed by atoms with E-state index in [4.69, 9.17) is 4.84 Å². The molecule has 0 radical (unpaired) electrons. The molecule has 0 saturated carbocycles. The molecule has 98 valence electrons. The van der Waals surface area contributed by atoms with Crippen LogP contribution < -0.4 is 5.48 Å². The molecular formula is C15H16N2O2. The minimum atomic E-state index is -0.338. The second-order valence-corrected chi connectivity index (χ2v) is 4.27. The second kappa shape index (κ2) is 6.11. The van der Waals surface area contributed by atoms with E-state index in [9.17, 15) is 4.79 Å². The van der Waals surface area contributed by atoms with Gasteiger partial charge in [-0.1, -0.05) is 30.3 Å². The third-order valence-corrected chi connectivity index (χ3v) is 2.82. The van der Waals surface area contributed by atoms with Crippen molar-refractivity contribution in [3.05, 3.63) is 53.9 Å². The van der Waals surface area contributed by atoms with Crippen LogP contribution in [0.3, 0.4) is 0 Å². The van der Waals surface area contributed by atoms with E-state index < -0.39 is 0 Å². The molecule has 4 nitrogen and oxygen atoms in total. The van der Waals surface area contributed by atoms with Crippen LogP contribution in [-0.2, 0) is 4.84 Å². The lowest BCUT2D eigenvalue weighted by molar-refractivity contribution is 0.0395. The fraction of sp³-hybridized carbons (Fsp3) is 0.200. The fourth-order valence-electron chi connectivity index (χ4n) is 1.56. The van der Waals surface area contributed by atoms with Gasteiger partial charge in [0.05, 0.1) is 6.61 Å². The van der Waals surface area contributed by atoms with E-state index >= 15 is 0 Å². The number of rotatable bonds is 4. The Hall–Kier alpha value is -2.20. The Morgan fingerprint density at radius 3 is 2.84 bits per heavy atom. The normalized spacial score (nSPS) is 11.6. The predicted molar refractivity (Wildman–Crippen MR) is 74.6 cm³/mol. The average molecular weight is 256 g/mol. The first-order valence-corrected chi connectivity index (χ1v) is 6.09. The van der Waals surface area contributed by atoms with Gasteiger partial charge in [-0.2, -0.15) is 0 Å². The van der Waals surface area contributed by atoms with Gasteiger partial charge in [-0.25, -0.2) is 5.48 Å². The molecule has 1 heterocycles. The lowest BCUT2D eigenvalue weighted by Gasteiger charge is -2.06. The topological polar surface area (TPSA) is 51.2 Å². The molecule has 0 spiro atoms. The average Bonchev–Trinajstić information content (AvgIpc) is 2.46. The minimum absolute atomic E-state index is 0.338. The number of hydrogen-bond donors (Lipinski definition) is 1. The molecule has 0 aliphatic heterocycles. The first-order valence-electron chi connectivity index (χ1n) is 6.09. The molecule has 2 rings (SSSR count). The zero-order valence-electron chi connectivity index (χ0n) is 11.0. The maximum atomic E-state index is 11.8. The highest BCUT2D eigenvalue weighted by Crippen LogP contribution is 2.13. The first-order chi connectivity index (χ1) is 9.20. The van der Waals surface area contributed by atoms with Gasteiger partial charge >= 0.3 is 0 Å². The van der Waals surface area contributed by atoms with Crippen molar-refractivity contribution in [2.24, 2.45) is 0 Å². The number of allylic oxidation sites excluding steroid dienone is 1. The molecule has 0 atom stereocenters. The Balaban J connectivity index is 2.05. The summed E-state index contributed by atoms with van der Waals surface area (Å²) in [4.78, 5) is 21.1. The summed E-state index contributed by atoms with van der Waals surface area (Å²) in [5.74, 6) is -0.338. The first kappa shape index (κ1) is 13.2. The number of nitrogens with zero attached hydrogens (tertiary/aromatic N) is 1. The van der Waals surface area contributed by atoms with Crippen LogP contribution in [-0.4, -0.2) is 17.5 Å². The Kier molecular flexibility index (Phi) is 4.26. The van der Waals surface area contributed by atoms with Gasteiger partial charge < -0.3 is 0 Å². The van der Waals surface area contributed by atoms with Crippen LogP contribution in [0.5, 0.6) is 0 Å². The molecular weight excluding hydrogens is 240 g/mol. The van der Waals surface area contributed by atoms with Crippen LogP contribution in [0.1, 0.15) is 24.3 Å². The molecule has 19 heavy (non-hydrogen) atoms. The number of nitrogens with one attached hydrogen (secondary N) is 1. The molecule has 0 unspecified atom stereocenters. The van der Waals surface area contributed by atoms with Crippen LogP contribution in [0.4, 0.5) is 0 Å². The molecule has 0 aliphatic rings. The Labute approximate surface area is 112 Å². The molecule has 0 aliphatic carbocycles. The van der Waals surface area contributed by atoms with E-state index in [2.05, 4.69) is 10.5 Å². The highest BCUT2D eigenvalue weighted by molar-refractivity contribution is 5.95. The number of carbonyl (C=O) groups is 1. The maximum Gasteiger partial charge on any atom is 0.293 e. The number of benzene rings is 1. The Bertz CT molecular complexity index is 620. The highest BCUT2D eigenvalue weighted by Gasteiger charge is 2.07. The number of fused-ring (bicyclic) bond motifs is 1. The third-order valence-electron chi connectivity index (χ3n) is 2.82. The molecule has 0 bridgehead atoms. The van der Waals surface area contributed by atoms with Gasteiger partial charge in [0.2, 0.25) is 0 Å². The third kappa shape index (κ3) is 3.39. The number of aromatic nitrogens is 1. The Morgan fingerprint density at radius 1 is 1.37 bits per heavy atom. The summed E-state index contributed by atoms with van der Waals surface area (Å²) in [5, 5.41) is 1.98. The summed E-state index contributed by atoms with van der Waals surface area (Å²) >= 11 is 0. The van der Waals surface area contributed by atoms with E-state index in [0.29, 0.717) is 12.3 Å². The van der Waals surface area contributed by atoms with E-state index in [-0.39, 0.29) is 5.91 Å². The summed E-state index contributed by atoms with van der Waals surface area (Å²) in [6.45, 7) is 4.22. The monoisotopic (exact) mass is 256 g/mol. The standard InChI is InChI=1S/C15H16N2O2/c1-3-11(2)10-19-17-15(18)14-8-12-6-4-5-7-13(12)9-16-14/h3-9H,10H2,1-2H3,(H,17,18)/b11-3+. The number of pyridine rings is 1. The van der Waals surface area contributed by atoms with Crippen LogP contribution in [0.2, 0.25) is 0 Å². The Morgan fingerprint density at radius 2 is 2.11 bits per heavy atom. The van der Waals surface area contributed by atoms with E-state index in [0.717, 1.165) is 16.3 Å². The highest BCUT2D eigenvalue weighted by atomic mass is 16.6. The van der Waals surface area contributed by atoms with Gasteiger partial charge in [-0.05, 0) is 30.9 Å². The minimum Gasteiger partial charge on any atom is -0.269 e. The molecule has 4 heteroatoms. The van der Waals surface area contributed by atoms with E-state index in [1.807, 2.05) is 44.2 Å². The molecule has 0 fully saturated rings. The summed E-state index contributed by atoms with van der Waals surface area (Å²) in [6.07, 6.45) is 3.61. The van der Waals surface area contributed by atoms with Crippen molar-refractivity contribution in [1.29, 1.82) is 0 Å². The quantitative estimate of drug-likeness (QED) is 0.676. The fourth-order valence-corrected chi connectivity index (χ4v) is 1.56. The number of hydrogen-bond acceptors (Lipinski definition) is 3. The van der Waals surface area contributed by atoms with Crippen molar-refractivity contribution in [1.82, 2.24) is 10.5 Å². The summed E-state index contributed by atoms with van der Waals surface area (Å²) in [6, 6.07) is 9.51. The van der Waals surface area contributed by atoms with Crippen LogP contribution in [0.15, 0.2) is 48.2 Å². The molecule has 0 saturated heterocycles. The zero-order valence-corrected chi connectivity index (χ0v) is 11.0. The van der Waals surface area contributed by atoms with Gasteiger partial charge in [-0.3, -0.25) is 14.6 Å². The number of hydroxylamine groups is 1. The van der Waals surface area contributed by atoms with Crippen molar-refractivity contribution >= 4 is 16.7 Å². The van der Waals surface area contributed by atoms with Gasteiger partial charge in [-0.15, -0.1) is 0 Å². The number of carbonyl (C=O) groups excluding carboxylic acids is 1. The van der Waals surface area contributed by atoms with Gasteiger partial charge in [0.25, 0.3) is 5.91 Å². The van der Waals surface area contributed by atoms with Crippen LogP contribution in [0, 0.1) is 0 Å². The predicted octanol–water partition coefficient (Wildman–Crippen LogP) is 2.86.